The van der Waals surface area contributed by atoms with Gasteiger partial charge in [-0.3, -0.25) is 9.59 Å². The Morgan fingerprint density at radius 2 is 1.62 bits per heavy atom. The van der Waals surface area contributed by atoms with Gasteiger partial charge < -0.3 is 14.2 Å². The van der Waals surface area contributed by atoms with Gasteiger partial charge in [-0.05, 0) is 0 Å². The fraction of sp³-hybridized carbons (Fsp3) is 0.778. The maximum atomic E-state index is 12.2. The third-order valence-electron chi connectivity index (χ3n) is 1.41. The maximum Gasteiger partial charge on any atom is 0.302 e. The molecule has 0 saturated heterocycles. The summed E-state index contributed by atoms with van der Waals surface area (Å²) in [6, 6.07) is 0. The van der Waals surface area contributed by atoms with Crippen molar-refractivity contribution >= 4 is 27.9 Å². The van der Waals surface area contributed by atoms with Gasteiger partial charge in [-0.15, -0.1) is 0 Å². The predicted molar refractivity (Wildman–Crippen MR) is 56.8 cm³/mol. The molecule has 0 spiro atoms. The Kier molecular flexibility index (Phi) is 8.10. The zero-order valence-corrected chi connectivity index (χ0v) is 10.7. The van der Waals surface area contributed by atoms with Crippen LogP contribution >= 0.6 is 15.9 Å². The van der Waals surface area contributed by atoms with Crippen LogP contribution in [0.2, 0.25) is 0 Å². The highest BCUT2D eigenvalue weighted by Crippen LogP contribution is 2.08. The summed E-state index contributed by atoms with van der Waals surface area (Å²) >= 11 is 2.91. The second kappa shape index (κ2) is 8.46. The minimum absolute atomic E-state index is 0.0925. The molecule has 1 unspecified atom stereocenters. The van der Waals surface area contributed by atoms with Crippen molar-refractivity contribution in [3.05, 3.63) is 0 Å². The molecule has 0 heterocycles. The molecule has 0 aliphatic heterocycles. The fourth-order valence-corrected chi connectivity index (χ4v) is 1.10. The summed E-state index contributed by atoms with van der Waals surface area (Å²) in [6.45, 7) is 1.55. The monoisotopic (exact) mass is 300 g/mol. The van der Waals surface area contributed by atoms with Gasteiger partial charge in [0.05, 0.1) is 0 Å². The summed E-state index contributed by atoms with van der Waals surface area (Å²) in [4.78, 5) is 21.1. The number of alkyl halides is 2. The Morgan fingerprint density at radius 1 is 1.19 bits per heavy atom. The van der Waals surface area contributed by atoms with Gasteiger partial charge in [0, 0.05) is 13.8 Å². The molecule has 94 valence electrons. The van der Waals surface area contributed by atoms with E-state index in [1.807, 2.05) is 0 Å². The molecular formula is C9H14BrFO5. The first-order valence-electron chi connectivity index (χ1n) is 4.58. The average molecular weight is 301 g/mol. The number of hydrogen-bond donors (Lipinski definition) is 0. The van der Waals surface area contributed by atoms with Crippen molar-refractivity contribution in [3.63, 3.8) is 0 Å². The van der Waals surface area contributed by atoms with E-state index in [9.17, 15) is 14.0 Å². The van der Waals surface area contributed by atoms with Crippen LogP contribution in [0, 0.1) is 0 Å². The molecule has 1 atom stereocenters. The average Bonchev–Trinajstić information content (AvgIpc) is 2.21. The molecule has 0 bridgehead atoms. The standard InChI is InChI=1S/C9H14BrFO5/c1-6(12)14-4-8(5-15-7(2)13)16-9(10)3-11/h8-9H,3-5H2,1-2H3. The highest BCUT2D eigenvalue weighted by molar-refractivity contribution is 9.09. The molecule has 0 aromatic rings. The number of ether oxygens (including phenoxy) is 3. The first kappa shape index (κ1) is 15.3. The summed E-state index contributed by atoms with van der Waals surface area (Å²) in [5.41, 5.74) is 0. The SMILES string of the molecule is CC(=O)OCC(COC(C)=O)OC(Br)CF. The first-order valence-corrected chi connectivity index (χ1v) is 5.49. The van der Waals surface area contributed by atoms with Gasteiger partial charge in [0.25, 0.3) is 0 Å². The van der Waals surface area contributed by atoms with Crippen molar-refractivity contribution in [1.82, 2.24) is 0 Å². The van der Waals surface area contributed by atoms with Crippen LogP contribution in [0.3, 0.4) is 0 Å². The zero-order chi connectivity index (χ0) is 12.6. The Hall–Kier alpha value is -0.690. The molecule has 16 heavy (non-hydrogen) atoms. The van der Waals surface area contributed by atoms with E-state index in [2.05, 4.69) is 25.4 Å². The molecule has 0 aromatic heterocycles. The van der Waals surface area contributed by atoms with E-state index in [1.54, 1.807) is 0 Å². The van der Waals surface area contributed by atoms with Crippen LogP contribution in [0.5, 0.6) is 0 Å². The zero-order valence-electron chi connectivity index (χ0n) is 9.07. The Balaban J connectivity index is 4.04. The lowest BCUT2D eigenvalue weighted by atomic mass is 10.4. The quantitative estimate of drug-likeness (QED) is 0.522. The molecule has 0 rings (SSSR count). The van der Waals surface area contributed by atoms with Crippen molar-refractivity contribution in [1.29, 1.82) is 0 Å². The van der Waals surface area contributed by atoms with E-state index in [0.29, 0.717) is 0 Å². The highest BCUT2D eigenvalue weighted by Gasteiger charge is 2.17. The van der Waals surface area contributed by atoms with Crippen LogP contribution in [0.1, 0.15) is 13.8 Å². The molecule has 0 saturated carbocycles. The molecule has 0 radical (unpaired) electrons. The van der Waals surface area contributed by atoms with Crippen molar-refractivity contribution in [2.75, 3.05) is 19.9 Å². The van der Waals surface area contributed by atoms with Crippen molar-refractivity contribution < 1.29 is 28.2 Å². The van der Waals surface area contributed by atoms with Crippen LogP contribution in [-0.2, 0) is 23.8 Å². The molecule has 0 aliphatic rings. The van der Waals surface area contributed by atoms with Gasteiger partial charge in [-0.25, -0.2) is 4.39 Å². The summed E-state index contributed by atoms with van der Waals surface area (Å²) in [7, 11) is 0. The number of halogens is 2. The normalized spacial score (nSPS) is 12.3. The minimum Gasteiger partial charge on any atom is -0.463 e. The summed E-state index contributed by atoms with van der Waals surface area (Å²) in [6.07, 6.45) is -0.687. The molecule has 0 fully saturated rings. The van der Waals surface area contributed by atoms with E-state index in [-0.39, 0.29) is 13.2 Å². The highest BCUT2D eigenvalue weighted by atomic mass is 79.9. The van der Waals surface area contributed by atoms with Gasteiger partial charge in [0.1, 0.15) is 31.0 Å². The number of esters is 2. The van der Waals surface area contributed by atoms with E-state index in [1.165, 1.54) is 13.8 Å². The van der Waals surface area contributed by atoms with Gasteiger partial charge in [-0.1, -0.05) is 15.9 Å². The third kappa shape index (κ3) is 8.60. The lowest BCUT2D eigenvalue weighted by Gasteiger charge is -2.19. The minimum atomic E-state index is -0.816. The van der Waals surface area contributed by atoms with Gasteiger partial charge in [0.2, 0.25) is 0 Å². The Morgan fingerprint density at radius 3 is 1.94 bits per heavy atom. The van der Waals surface area contributed by atoms with Gasteiger partial charge in [0.15, 0.2) is 0 Å². The van der Waals surface area contributed by atoms with Crippen LogP contribution < -0.4 is 0 Å². The number of carbonyl (C=O) groups is 2. The Bertz CT molecular complexity index is 218. The molecule has 0 N–H and O–H groups in total. The van der Waals surface area contributed by atoms with Crippen molar-refractivity contribution in [3.8, 4) is 0 Å². The smallest absolute Gasteiger partial charge is 0.302 e. The van der Waals surface area contributed by atoms with Crippen molar-refractivity contribution in [2.24, 2.45) is 0 Å². The predicted octanol–water partition coefficient (Wildman–Crippen LogP) is 1.19. The Labute approximate surface area is 101 Å². The van der Waals surface area contributed by atoms with Gasteiger partial charge >= 0.3 is 11.9 Å². The molecule has 0 aliphatic carbocycles. The van der Waals surface area contributed by atoms with Crippen LogP contribution in [-0.4, -0.2) is 42.9 Å². The lowest BCUT2D eigenvalue weighted by Crippen LogP contribution is -2.30. The van der Waals surface area contributed by atoms with Gasteiger partial charge in [-0.2, -0.15) is 0 Å². The summed E-state index contributed by atoms with van der Waals surface area (Å²) in [5.74, 6) is -0.967. The first-order chi connectivity index (χ1) is 7.45. The maximum absolute atomic E-state index is 12.2. The lowest BCUT2D eigenvalue weighted by molar-refractivity contribution is -0.153. The fourth-order valence-electron chi connectivity index (χ4n) is 0.792. The second-order valence-electron chi connectivity index (χ2n) is 2.93. The van der Waals surface area contributed by atoms with Crippen LogP contribution in [0.4, 0.5) is 4.39 Å². The molecule has 7 heteroatoms. The number of hydrogen-bond acceptors (Lipinski definition) is 5. The summed E-state index contributed by atoms with van der Waals surface area (Å²) in [5, 5.41) is -0.816. The molecule has 0 aromatic carbocycles. The van der Waals surface area contributed by atoms with Crippen molar-refractivity contribution in [2.45, 2.75) is 25.0 Å². The summed E-state index contributed by atoms with van der Waals surface area (Å²) < 4.78 is 26.6. The molecular weight excluding hydrogens is 287 g/mol. The third-order valence-corrected chi connectivity index (χ3v) is 1.87. The van der Waals surface area contributed by atoms with Crippen LogP contribution in [0.15, 0.2) is 0 Å². The molecule has 5 nitrogen and oxygen atoms in total. The van der Waals surface area contributed by atoms with E-state index in [4.69, 9.17) is 4.74 Å². The topological polar surface area (TPSA) is 61.8 Å². The van der Waals surface area contributed by atoms with Crippen LogP contribution in [0.25, 0.3) is 0 Å². The number of rotatable bonds is 7. The van der Waals surface area contributed by atoms with E-state index in [0.717, 1.165) is 0 Å². The number of carbonyl (C=O) groups excluding carboxylic acids is 2. The molecule has 0 amide bonds. The largest absolute Gasteiger partial charge is 0.463 e. The second-order valence-corrected chi connectivity index (χ2v) is 3.95. The van der Waals surface area contributed by atoms with E-state index < -0.39 is 29.7 Å². The van der Waals surface area contributed by atoms with E-state index >= 15 is 0 Å².